The lowest BCUT2D eigenvalue weighted by Gasteiger charge is -2.37. The summed E-state index contributed by atoms with van der Waals surface area (Å²) >= 11 is 0. The molecule has 0 radical (unpaired) electrons. The maximum absolute atomic E-state index is 12.8. The van der Waals surface area contributed by atoms with Crippen LogP contribution in [0.5, 0.6) is 0 Å². The Labute approximate surface area is 151 Å². The Morgan fingerprint density at radius 1 is 1.35 bits per heavy atom. The fraction of sp³-hybridized carbons (Fsp3) is 0.647. The number of amides is 3. The average Bonchev–Trinajstić information content (AvgIpc) is 3.02. The van der Waals surface area contributed by atoms with Crippen LogP contribution in [-0.4, -0.2) is 63.4 Å². The Bertz CT molecular complexity index is 703. The highest BCUT2D eigenvalue weighted by atomic mass is 16.4. The third-order valence-corrected chi connectivity index (χ3v) is 5.04. The summed E-state index contributed by atoms with van der Waals surface area (Å²) in [6, 6.07) is -0.967. The number of hydrogen-bond donors (Lipinski definition) is 2. The van der Waals surface area contributed by atoms with E-state index in [0.29, 0.717) is 31.6 Å². The predicted molar refractivity (Wildman–Crippen MR) is 93.6 cm³/mol. The Morgan fingerprint density at radius 3 is 2.77 bits per heavy atom. The number of rotatable bonds is 3. The molecule has 2 aliphatic rings. The Balaban J connectivity index is 1.64. The molecule has 0 saturated carbocycles. The minimum absolute atomic E-state index is 0.115. The number of aryl methyl sites for hydroxylation is 1. The molecule has 1 aromatic rings. The van der Waals surface area contributed by atoms with E-state index in [0.717, 1.165) is 6.42 Å². The summed E-state index contributed by atoms with van der Waals surface area (Å²) in [7, 11) is 1.79. The molecular weight excluding hydrogens is 338 g/mol. The second kappa shape index (κ2) is 7.35. The number of nitrogens with one attached hydrogen (secondary N) is 1. The number of anilines is 1. The third kappa shape index (κ3) is 3.81. The van der Waals surface area contributed by atoms with E-state index in [1.807, 2.05) is 6.92 Å². The van der Waals surface area contributed by atoms with Crippen molar-refractivity contribution in [2.45, 2.75) is 32.2 Å². The van der Waals surface area contributed by atoms with E-state index in [1.54, 1.807) is 29.0 Å². The summed E-state index contributed by atoms with van der Waals surface area (Å²) in [5, 5.41) is 16.1. The first-order valence-electron chi connectivity index (χ1n) is 8.93. The van der Waals surface area contributed by atoms with Crippen LogP contribution >= 0.6 is 0 Å². The van der Waals surface area contributed by atoms with Gasteiger partial charge in [-0.05, 0) is 25.2 Å². The van der Waals surface area contributed by atoms with Crippen molar-refractivity contribution in [3.05, 3.63) is 12.4 Å². The highest BCUT2D eigenvalue weighted by molar-refractivity contribution is 5.99. The number of carbonyl (C=O) groups excluding carboxylic acids is 2. The molecule has 3 rings (SSSR count). The van der Waals surface area contributed by atoms with Gasteiger partial charge in [0.15, 0.2) is 0 Å². The zero-order valence-corrected chi connectivity index (χ0v) is 15.1. The van der Waals surface area contributed by atoms with Gasteiger partial charge < -0.3 is 20.2 Å². The van der Waals surface area contributed by atoms with E-state index in [4.69, 9.17) is 0 Å². The lowest BCUT2D eigenvalue weighted by atomic mass is 9.91. The van der Waals surface area contributed by atoms with Gasteiger partial charge in [-0.1, -0.05) is 6.92 Å². The number of nitrogens with zero attached hydrogens (tertiary/aromatic N) is 4. The van der Waals surface area contributed by atoms with Gasteiger partial charge in [0.1, 0.15) is 6.04 Å². The average molecular weight is 363 g/mol. The van der Waals surface area contributed by atoms with Gasteiger partial charge in [0.05, 0.1) is 17.8 Å². The second-order valence-corrected chi connectivity index (χ2v) is 7.29. The summed E-state index contributed by atoms with van der Waals surface area (Å²) in [5.41, 5.74) is 0.717. The summed E-state index contributed by atoms with van der Waals surface area (Å²) < 4.78 is 1.63. The number of carboxylic acid groups (broad SMARTS) is 1. The van der Waals surface area contributed by atoms with Gasteiger partial charge >= 0.3 is 12.0 Å². The molecule has 3 amide bonds. The Hall–Kier alpha value is -2.58. The van der Waals surface area contributed by atoms with Crippen LogP contribution < -0.4 is 10.2 Å². The zero-order valence-electron chi connectivity index (χ0n) is 15.1. The number of hydrogen-bond acceptors (Lipinski definition) is 4. The second-order valence-electron chi connectivity index (χ2n) is 7.29. The Morgan fingerprint density at radius 2 is 2.12 bits per heavy atom. The van der Waals surface area contributed by atoms with Gasteiger partial charge in [-0.2, -0.15) is 5.10 Å². The van der Waals surface area contributed by atoms with Crippen LogP contribution in [0, 0.1) is 11.8 Å². The van der Waals surface area contributed by atoms with Crippen LogP contribution in [0.3, 0.4) is 0 Å². The van der Waals surface area contributed by atoms with Crippen LogP contribution in [0.15, 0.2) is 12.4 Å². The number of urea groups is 1. The summed E-state index contributed by atoms with van der Waals surface area (Å²) in [5.74, 6) is -1.48. The van der Waals surface area contributed by atoms with E-state index in [9.17, 15) is 19.5 Å². The summed E-state index contributed by atoms with van der Waals surface area (Å²) in [6.45, 7) is 3.21. The SMILES string of the molecule is CC1CC(C(=O)O)CN(C(=O)NC2CCCN(c3cnn(C)c3)C2=O)C1. The van der Waals surface area contributed by atoms with Gasteiger partial charge in [-0.25, -0.2) is 4.79 Å². The lowest BCUT2D eigenvalue weighted by Crippen LogP contribution is -2.57. The van der Waals surface area contributed by atoms with Crippen LogP contribution in [-0.2, 0) is 16.6 Å². The van der Waals surface area contributed by atoms with Crippen LogP contribution in [0.25, 0.3) is 0 Å². The fourth-order valence-corrected chi connectivity index (χ4v) is 3.75. The molecule has 0 spiro atoms. The molecule has 2 saturated heterocycles. The summed E-state index contributed by atoms with van der Waals surface area (Å²) in [4.78, 5) is 39.8. The maximum Gasteiger partial charge on any atom is 0.318 e. The molecule has 0 aromatic carbocycles. The molecule has 3 atom stereocenters. The minimum atomic E-state index is -0.883. The van der Waals surface area contributed by atoms with E-state index >= 15 is 0 Å². The standard InChI is InChI=1S/C17H25N5O4/c1-11-6-12(16(24)25)9-21(8-11)17(26)19-14-4-3-5-22(15(14)23)13-7-18-20(2)10-13/h7,10-12,14H,3-6,8-9H2,1-2H3,(H,19,26)(H,24,25). The van der Waals surface area contributed by atoms with Crippen LogP contribution in [0.2, 0.25) is 0 Å². The van der Waals surface area contributed by atoms with E-state index in [-0.39, 0.29) is 24.4 Å². The maximum atomic E-state index is 12.8. The van der Waals surface area contributed by atoms with Gasteiger partial charge in [0.2, 0.25) is 5.91 Å². The first kappa shape index (κ1) is 18.2. The van der Waals surface area contributed by atoms with Gasteiger partial charge in [0.25, 0.3) is 0 Å². The van der Waals surface area contributed by atoms with Crippen molar-refractivity contribution in [2.24, 2.45) is 18.9 Å². The van der Waals surface area contributed by atoms with E-state index in [2.05, 4.69) is 10.4 Å². The molecule has 0 bridgehead atoms. The Kier molecular flexibility index (Phi) is 5.15. The number of aliphatic carboxylic acids is 1. The number of carboxylic acids is 1. The van der Waals surface area contributed by atoms with Gasteiger partial charge in [-0.3, -0.25) is 14.3 Å². The molecule has 3 unspecified atom stereocenters. The number of piperidine rings is 2. The van der Waals surface area contributed by atoms with E-state index < -0.39 is 17.9 Å². The minimum Gasteiger partial charge on any atom is -0.481 e. The van der Waals surface area contributed by atoms with Crippen molar-refractivity contribution in [1.29, 1.82) is 0 Å². The largest absolute Gasteiger partial charge is 0.481 e. The van der Waals surface area contributed by atoms with Crippen molar-refractivity contribution in [2.75, 3.05) is 24.5 Å². The molecular formula is C17H25N5O4. The highest BCUT2D eigenvalue weighted by Gasteiger charge is 2.35. The number of aromatic nitrogens is 2. The smallest absolute Gasteiger partial charge is 0.318 e. The monoisotopic (exact) mass is 363 g/mol. The fourth-order valence-electron chi connectivity index (χ4n) is 3.75. The molecule has 2 fully saturated rings. The first-order valence-corrected chi connectivity index (χ1v) is 8.93. The highest BCUT2D eigenvalue weighted by Crippen LogP contribution is 2.23. The van der Waals surface area contributed by atoms with Crippen LogP contribution in [0.4, 0.5) is 10.5 Å². The molecule has 142 valence electrons. The number of likely N-dealkylation sites (tertiary alicyclic amines) is 1. The molecule has 2 N–H and O–H groups in total. The van der Waals surface area contributed by atoms with E-state index in [1.165, 1.54) is 4.90 Å². The van der Waals surface area contributed by atoms with Gasteiger partial charge in [0, 0.05) is 32.9 Å². The van der Waals surface area contributed by atoms with Crippen molar-refractivity contribution >= 4 is 23.6 Å². The molecule has 2 aliphatic heterocycles. The van der Waals surface area contributed by atoms with Crippen LogP contribution in [0.1, 0.15) is 26.2 Å². The molecule has 1 aromatic heterocycles. The zero-order chi connectivity index (χ0) is 18.8. The van der Waals surface area contributed by atoms with Crippen molar-refractivity contribution in [3.8, 4) is 0 Å². The molecule has 3 heterocycles. The van der Waals surface area contributed by atoms with Gasteiger partial charge in [-0.15, -0.1) is 0 Å². The topological polar surface area (TPSA) is 108 Å². The molecule has 26 heavy (non-hydrogen) atoms. The van der Waals surface area contributed by atoms with Crippen molar-refractivity contribution < 1.29 is 19.5 Å². The summed E-state index contributed by atoms with van der Waals surface area (Å²) in [6.07, 6.45) is 5.32. The first-order chi connectivity index (χ1) is 12.3. The quantitative estimate of drug-likeness (QED) is 0.821. The van der Waals surface area contributed by atoms with Crippen molar-refractivity contribution in [3.63, 3.8) is 0 Å². The normalized spacial score (nSPS) is 26.7. The lowest BCUT2D eigenvalue weighted by molar-refractivity contribution is -0.143. The molecule has 9 heteroatoms. The molecule has 9 nitrogen and oxygen atoms in total. The molecule has 0 aliphatic carbocycles. The third-order valence-electron chi connectivity index (χ3n) is 5.04. The van der Waals surface area contributed by atoms with Crippen molar-refractivity contribution in [1.82, 2.24) is 20.0 Å². The predicted octanol–water partition coefficient (Wildman–Crippen LogP) is 0.668. The number of carbonyl (C=O) groups is 3.